The minimum absolute atomic E-state index is 0.250. The fraction of sp³-hybridized carbons (Fsp3) is 0.250. The maximum atomic E-state index is 13.5. The summed E-state index contributed by atoms with van der Waals surface area (Å²) in [4.78, 5) is 5.37. The first-order valence-corrected chi connectivity index (χ1v) is 6.93. The zero-order chi connectivity index (χ0) is 12.3. The van der Waals surface area contributed by atoms with Gasteiger partial charge in [-0.25, -0.2) is 9.37 Å². The van der Waals surface area contributed by atoms with Gasteiger partial charge in [-0.1, -0.05) is 13.0 Å². The number of aromatic nitrogens is 1. The number of para-hydroxylation sites is 1. The van der Waals surface area contributed by atoms with Crippen LogP contribution in [0.1, 0.15) is 16.8 Å². The Morgan fingerprint density at radius 1 is 1.47 bits per heavy atom. The molecular weight excluding hydrogens is 303 g/mol. The van der Waals surface area contributed by atoms with Crippen molar-refractivity contribution in [3.05, 3.63) is 44.6 Å². The summed E-state index contributed by atoms with van der Waals surface area (Å²) in [6, 6.07) is 4.93. The SMILES string of the molecule is CCc1ncc(CNc2c(F)cccc2Br)s1. The van der Waals surface area contributed by atoms with E-state index < -0.39 is 0 Å². The molecule has 1 heterocycles. The molecule has 0 bridgehead atoms. The molecule has 17 heavy (non-hydrogen) atoms. The van der Waals surface area contributed by atoms with Crippen molar-refractivity contribution < 1.29 is 4.39 Å². The Morgan fingerprint density at radius 2 is 2.29 bits per heavy atom. The van der Waals surface area contributed by atoms with Gasteiger partial charge in [0, 0.05) is 15.5 Å². The number of nitrogens with zero attached hydrogens (tertiary/aromatic N) is 1. The van der Waals surface area contributed by atoms with E-state index in [1.165, 1.54) is 6.07 Å². The molecule has 2 nitrogen and oxygen atoms in total. The summed E-state index contributed by atoms with van der Waals surface area (Å²) < 4.78 is 14.3. The smallest absolute Gasteiger partial charge is 0.147 e. The standard InChI is InChI=1S/C12H12BrFN2S/c1-2-11-15-6-8(17-11)7-16-12-9(13)4-3-5-10(12)14/h3-6,16H,2,7H2,1H3. The average Bonchev–Trinajstić information content (AvgIpc) is 2.76. The highest BCUT2D eigenvalue weighted by Gasteiger charge is 2.06. The molecule has 0 saturated carbocycles. The van der Waals surface area contributed by atoms with E-state index in [9.17, 15) is 4.39 Å². The summed E-state index contributed by atoms with van der Waals surface area (Å²) in [5, 5.41) is 4.19. The van der Waals surface area contributed by atoms with E-state index in [0.717, 1.165) is 20.8 Å². The molecule has 2 rings (SSSR count). The second-order valence-electron chi connectivity index (χ2n) is 3.52. The predicted molar refractivity (Wildman–Crippen MR) is 72.9 cm³/mol. The van der Waals surface area contributed by atoms with Crippen molar-refractivity contribution in [2.45, 2.75) is 19.9 Å². The third-order valence-electron chi connectivity index (χ3n) is 2.31. The van der Waals surface area contributed by atoms with Crippen molar-refractivity contribution >= 4 is 33.0 Å². The highest BCUT2D eigenvalue weighted by atomic mass is 79.9. The van der Waals surface area contributed by atoms with Crippen molar-refractivity contribution in [1.82, 2.24) is 4.98 Å². The van der Waals surface area contributed by atoms with Crippen LogP contribution in [0.3, 0.4) is 0 Å². The average molecular weight is 315 g/mol. The van der Waals surface area contributed by atoms with Gasteiger partial charge in [0.1, 0.15) is 5.82 Å². The van der Waals surface area contributed by atoms with E-state index in [2.05, 4.69) is 33.2 Å². The van der Waals surface area contributed by atoms with Gasteiger partial charge in [-0.15, -0.1) is 11.3 Å². The Balaban J connectivity index is 2.07. The van der Waals surface area contributed by atoms with Crippen molar-refractivity contribution in [2.24, 2.45) is 0 Å². The number of rotatable bonds is 4. The fourth-order valence-corrected chi connectivity index (χ4v) is 2.72. The topological polar surface area (TPSA) is 24.9 Å². The molecule has 0 radical (unpaired) electrons. The molecule has 0 aliphatic carbocycles. The zero-order valence-electron chi connectivity index (χ0n) is 9.34. The molecule has 0 unspecified atom stereocenters. The maximum Gasteiger partial charge on any atom is 0.147 e. The van der Waals surface area contributed by atoms with Crippen molar-refractivity contribution in [1.29, 1.82) is 0 Å². The number of halogens is 2. The van der Waals surface area contributed by atoms with Gasteiger partial charge in [0.05, 0.1) is 17.2 Å². The summed E-state index contributed by atoms with van der Waals surface area (Å²) >= 11 is 4.98. The molecule has 90 valence electrons. The van der Waals surface area contributed by atoms with E-state index in [1.807, 2.05) is 12.3 Å². The molecule has 5 heteroatoms. The Morgan fingerprint density at radius 3 is 2.94 bits per heavy atom. The number of nitrogens with one attached hydrogen (secondary N) is 1. The van der Waals surface area contributed by atoms with Crippen molar-refractivity contribution in [3.8, 4) is 0 Å². The summed E-state index contributed by atoms with van der Waals surface area (Å²) in [6.07, 6.45) is 2.78. The van der Waals surface area contributed by atoms with Crippen molar-refractivity contribution in [3.63, 3.8) is 0 Å². The second kappa shape index (κ2) is 5.60. The Kier molecular flexibility index (Phi) is 4.12. The Bertz CT molecular complexity index is 493. The Labute approximate surface area is 112 Å². The van der Waals surface area contributed by atoms with Crippen LogP contribution in [0.5, 0.6) is 0 Å². The minimum atomic E-state index is -0.250. The van der Waals surface area contributed by atoms with Crippen molar-refractivity contribution in [2.75, 3.05) is 5.32 Å². The van der Waals surface area contributed by atoms with Crippen LogP contribution in [-0.2, 0) is 13.0 Å². The summed E-state index contributed by atoms with van der Waals surface area (Å²) in [7, 11) is 0. The third kappa shape index (κ3) is 3.04. The normalized spacial score (nSPS) is 10.5. The van der Waals surface area contributed by atoms with Crippen LogP contribution in [0.15, 0.2) is 28.9 Å². The number of anilines is 1. The lowest BCUT2D eigenvalue weighted by Crippen LogP contribution is -2.00. The maximum absolute atomic E-state index is 13.5. The lowest BCUT2D eigenvalue weighted by molar-refractivity contribution is 0.629. The Hall–Kier alpha value is -0.940. The highest BCUT2D eigenvalue weighted by Crippen LogP contribution is 2.26. The largest absolute Gasteiger partial charge is 0.377 e. The van der Waals surface area contributed by atoms with Gasteiger partial charge in [-0.2, -0.15) is 0 Å². The lowest BCUT2D eigenvalue weighted by Gasteiger charge is -2.07. The van der Waals surface area contributed by atoms with Gasteiger partial charge in [-0.3, -0.25) is 0 Å². The first-order chi connectivity index (χ1) is 8.20. The van der Waals surface area contributed by atoms with Gasteiger partial charge in [0.2, 0.25) is 0 Å². The molecular formula is C12H12BrFN2S. The third-order valence-corrected chi connectivity index (χ3v) is 4.11. The van der Waals surface area contributed by atoms with Crippen LogP contribution in [0.25, 0.3) is 0 Å². The van der Waals surface area contributed by atoms with Gasteiger partial charge in [0.15, 0.2) is 0 Å². The molecule has 1 N–H and O–H groups in total. The van der Waals surface area contributed by atoms with E-state index in [-0.39, 0.29) is 5.82 Å². The predicted octanol–water partition coefficient (Wildman–Crippen LogP) is 4.22. The second-order valence-corrected chi connectivity index (χ2v) is 5.58. The van der Waals surface area contributed by atoms with Crippen LogP contribution in [0.4, 0.5) is 10.1 Å². The van der Waals surface area contributed by atoms with Crippen LogP contribution >= 0.6 is 27.3 Å². The molecule has 0 saturated heterocycles. The molecule has 0 aliphatic rings. The molecule has 0 atom stereocenters. The van der Waals surface area contributed by atoms with Crippen LogP contribution in [0.2, 0.25) is 0 Å². The van der Waals surface area contributed by atoms with Crippen LogP contribution in [-0.4, -0.2) is 4.98 Å². The summed E-state index contributed by atoms with van der Waals surface area (Å²) in [6.45, 7) is 2.67. The first kappa shape index (κ1) is 12.5. The number of aryl methyl sites for hydroxylation is 1. The lowest BCUT2D eigenvalue weighted by atomic mass is 10.3. The summed E-state index contributed by atoms with van der Waals surface area (Å²) in [5.41, 5.74) is 0.499. The van der Waals surface area contributed by atoms with Gasteiger partial charge >= 0.3 is 0 Å². The van der Waals surface area contributed by atoms with Gasteiger partial charge in [0.25, 0.3) is 0 Å². The van der Waals surface area contributed by atoms with E-state index >= 15 is 0 Å². The monoisotopic (exact) mass is 314 g/mol. The van der Waals surface area contributed by atoms with Crippen LogP contribution < -0.4 is 5.32 Å². The molecule has 0 aliphatic heterocycles. The first-order valence-electron chi connectivity index (χ1n) is 5.32. The summed E-state index contributed by atoms with van der Waals surface area (Å²) in [5.74, 6) is -0.250. The molecule has 1 aromatic carbocycles. The van der Waals surface area contributed by atoms with E-state index in [1.54, 1.807) is 17.4 Å². The highest BCUT2D eigenvalue weighted by molar-refractivity contribution is 9.10. The van der Waals surface area contributed by atoms with Gasteiger partial charge < -0.3 is 5.32 Å². The number of benzene rings is 1. The van der Waals surface area contributed by atoms with E-state index in [4.69, 9.17) is 0 Å². The number of hydrogen-bond donors (Lipinski definition) is 1. The fourth-order valence-electron chi connectivity index (χ4n) is 1.44. The zero-order valence-corrected chi connectivity index (χ0v) is 11.7. The molecule has 0 fully saturated rings. The molecule has 1 aromatic heterocycles. The van der Waals surface area contributed by atoms with Crippen LogP contribution in [0, 0.1) is 5.82 Å². The molecule has 0 amide bonds. The number of thiazole rings is 1. The molecule has 0 spiro atoms. The minimum Gasteiger partial charge on any atom is -0.377 e. The van der Waals surface area contributed by atoms with E-state index in [0.29, 0.717) is 12.2 Å². The quantitative estimate of drug-likeness (QED) is 0.914. The van der Waals surface area contributed by atoms with Gasteiger partial charge in [-0.05, 0) is 34.5 Å². The molecule has 2 aromatic rings. The number of hydrogen-bond acceptors (Lipinski definition) is 3.